The Balaban J connectivity index is 2.68. The molecule has 0 bridgehead atoms. The van der Waals surface area contributed by atoms with Crippen LogP contribution >= 0.6 is 0 Å². The van der Waals surface area contributed by atoms with E-state index in [1.54, 1.807) is 22.9 Å². The number of nitrogen functional groups attached to an aromatic ring is 1. The number of imidazole rings is 1. The topological polar surface area (TPSA) is 61.7 Å². The molecule has 0 radical (unpaired) electrons. The Morgan fingerprint density at radius 3 is 2.41 bits per heavy atom. The fourth-order valence-electron chi connectivity index (χ4n) is 1.85. The molecule has 0 aliphatic rings. The number of rotatable bonds is 3. The predicted molar refractivity (Wildman–Crippen MR) is 70.0 cm³/mol. The van der Waals surface area contributed by atoms with E-state index in [0.717, 1.165) is 22.9 Å². The zero-order chi connectivity index (χ0) is 12.6. The number of hydrogen-bond acceptors (Lipinski definition) is 3. The molecule has 0 spiro atoms. The first-order valence-electron chi connectivity index (χ1n) is 5.20. The average Bonchev–Trinajstić information content (AvgIpc) is 2.78. The third-order valence-corrected chi connectivity index (χ3v) is 2.68. The molecule has 0 unspecified atom stereocenters. The molecule has 0 fully saturated rings. The Bertz CT molecular complexity index is 588. The maximum Gasteiger partial charge on any atom is 0.159 e. The van der Waals surface area contributed by atoms with Crippen LogP contribution in [-0.4, -0.2) is 19.3 Å². The smallest absolute Gasteiger partial charge is 0.159 e. The van der Waals surface area contributed by atoms with Crippen LogP contribution in [0.3, 0.4) is 0 Å². The molecule has 88 valence electrons. The van der Waals surface area contributed by atoms with Gasteiger partial charge in [0.25, 0.3) is 0 Å². The van der Waals surface area contributed by atoms with E-state index in [1.807, 2.05) is 18.7 Å². The van der Waals surface area contributed by atoms with Crippen LogP contribution in [0.15, 0.2) is 19.2 Å². The van der Waals surface area contributed by atoms with Crippen molar-refractivity contribution in [1.29, 1.82) is 0 Å². The Kier molecular flexibility index (Phi) is 2.59. The van der Waals surface area contributed by atoms with Gasteiger partial charge in [0.1, 0.15) is 11.5 Å². The summed E-state index contributed by atoms with van der Waals surface area (Å²) in [6.45, 7) is 7.52. The van der Waals surface area contributed by atoms with Gasteiger partial charge >= 0.3 is 0 Å². The van der Waals surface area contributed by atoms with Crippen LogP contribution in [0.25, 0.3) is 23.7 Å². The highest BCUT2D eigenvalue weighted by atomic mass is 15.3. The third-order valence-electron chi connectivity index (χ3n) is 2.68. The normalized spacial score (nSPS) is 10.5. The molecule has 2 aromatic rings. The van der Waals surface area contributed by atoms with Crippen molar-refractivity contribution in [2.75, 3.05) is 5.73 Å². The van der Waals surface area contributed by atoms with E-state index >= 15 is 0 Å². The molecular weight excluding hydrogens is 214 g/mol. The highest BCUT2D eigenvalue weighted by Crippen LogP contribution is 2.23. The second kappa shape index (κ2) is 3.93. The van der Waals surface area contributed by atoms with Crippen LogP contribution in [0.5, 0.6) is 0 Å². The van der Waals surface area contributed by atoms with Crippen LogP contribution < -0.4 is 5.73 Å². The zero-order valence-electron chi connectivity index (χ0n) is 10.0. The van der Waals surface area contributed by atoms with Gasteiger partial charge in [-0.1, -0.05) is 13.2 Å². The minimum atomic E-state index is 0.478. The van der Waals surface area contributed by atoms with Crippen molar-refractivity contribution in [2.45, 2.75) is 0 Å². The predicted octanol–water partition coefficient (Wildman–Crippen LogP) is 1.69. The van der Waals surface area contributed by atoms with Crippen molar-refractivity contribution in [3.8, 4) is 11.5 Å². The van der Waals surface area contributed by atoms with Gasteiger partial charge in [0.05, 0.1) is 11.4 Å². The summed E-state index contributed by atoms with van der Waals surface area (Å²) < 4.78 is 3.65. The van der Waals surface area contributed by atoms with Gasteiger partial charge in [0.15, 0.2) is 5.82 Å². The Labute approximate surface area is 99.9 Å². The van der Waals surface area contributed by atoms with E-state index < -0.39 is 0 Å². The van der Waals surface area contributed by atoms with Gasteiger partial charge in [0, 0.05) is 20.2 Å². The molecule has 0 saturated carbocycles. The van der Waals surface area contributed by atoms with Gasteiger partial charge in [-0.2, -0.15) is 5.10 Å². The quantitative estimate of drug-likeness (QED) is 0.871. The lowest BCUT2D eigenvalue weighted by Crippen LogP contribution is -2.00. The lowest BCUT2D eigenvalue weighted by Gasteiger charge is -2.02. The van der Waals surface area contributed by atoms with Crippen molar-refractivity contribution < 1.29 is 0 Å². The molecule has 0 amide bonds. The minimum Gasteiger partial charge on any atom is -0.382 e. The van der Waals surface area contributed by atoms with Crippen LogP contribution in [-0.2, 0) is 14.1 Å². The molecule has 5 heteroatoms. The Morgan fingerprint density at radius 1 is 1.29 bits per heavy atom. The van der Waals surface area contributed by atoms with Crippen molar-refractivity contribution >= 4 is 18.0 Å². The minimum absolute atomic E-state index is 0.478. The van der Waals surface area contributed by atoms with Gasteiger partial charge in [-0.25, -0.2) is 4.98 Å². The van der Waals surface area contributed by atoms with Crippen LogP contribution in [0.4, 0.5) is 5.82 Å². The number of nitrogens with zero attached hydrogens (tertiary/aromatic N) is 4. The van der Waals surface area contributed by atoms with Crippen molar-refractivity contribution in [3.05, 3.63) is 30.6 Å². The summed E-state index contributed by atoms with van der Waals surface area (Å²) in [5, 5.41) is 4.11. The maximum absolute atomic E-state index is 5.67. The summed E-state index contributed by atoms with van der Waals surface area (Å²) in [5.74, 6) is 1.27. The van der Waals surface area contributed by atoms with Gasteiger partial charge in [-0.15, -0.1) is 0 Å². The van der Waals surface area contributed by atoms with E-state index in [9.17, 15) is 0 Å². The summed E-state index contributed by atoms with van der Waals surface area (Å²) >= 11 is 0. The Hall–Kier alpha value is -2.30. The van der Waals surface area contributed by atoms with Gasteiger partial charge < -0.3 is 10.3 Å². The number of aryl methyl sites for hydroxylation is 1. The average molecular weight is 229 g/mol. The molecule has 0 aromatic carbocycles. The molecule has 2 rings (SSSR count). The summed E-state index contributed by atoms with van der Waals surface area (Å²) in [5.41, 5.74) is 8.26. The molecule has 0 atom stereocenters. The summed E-state index contributed by atoms with van der Waals surface area (Å²) in [6.07, 6.45) is 3.47. The van der Waals surface area contributed by atoms with E-state index in [4.69, 9.17) is 5.73 Å². The fourth-order valence-corrected chi connectivity index (χ4v) is 1.85. The molecule has 5 nitrogen and oxygen atoms in total. The first-order chi connectivity index (χ1) is 8.08. The lowest BCUT2D eigenvalue weighted by molar-refractivity contribution is 0.765. The maximum atomic E-state index is 5.67. The third kappa shape index (κ3) is 1.65. The SMILES string of the molecule is C=Cc1nc(-c2cc(N)nn2C)n(C)c1C=C. The van der Waals surface area contributed by atoms with E-state index in [0.29, 0.717) is 5.82 Å². The molecule has 17 heavy (non-hydrogen) atoms. The molecule has 0 saturated heterocycles. The number of nitrogens with two attached hydrogens (primary N) is 1. The summed E-state index contributed by atoms with van der Waals surface area (Å²) in [7, 11) is 3.76. The molecule has 2 aromatic heterocycles. The second-order valence-electron chi connectivity index (χ2n) is 3.75. The highest BCUT2D eigenvalue weighted by molar-refractivity contribution is 5.65. The van der Waals surface area contributed by atoms with Crippen LogP contribution in [0.1, 0.15) is 11.4 Å². The van der Waals surface area contributed by atoms with Crippen LogP contribution in [0.2, 0.25) is 0 Å². The van der Waals surface area contributed by atoms with Crippen molar-refractivity contribution in [3.63, 3.8) is 0 Å². The van der Waals surface area contributed by atoms with E-state index in [-0.39, 0.29) is 0 Å². The molecule has 0 aliphatic carbocycles. The number of hydrogen-bond donors (Lipinski definition) is 1. The summed E-state index contributed by atoms with van der Waals surface area (Å²) in [4.78, 5) is 4.50. The summed E-state index contributed by atoms with van der Waals surface area (Å²) in [6, 6.07) is 1.79. The first kappa shape index (κ1) is 11.2. The number of aromatic nitrogens is 4. The van der Waals surface area contributed by atoms with Crippen LogP contribution in [0, 0.1) is 0 Å². The highest BCUT2D eigenvalue weighted by Gasteiger charge is 2.15. The standard InChI is InChI=1S/C12H15N5/c1-5-8-9(6-2)16(3)12(14-8)10-7-11(13)15-17(10)4/h5-7H,1-2H2,3-4H3,(H2,13,15). The molecule has 2 N–H and O–H groups in total. The second-order valence-corrected chi connectivity index (χ2v) is 3.75. The zero-order valence-corrected chi connectivity index (χ0v) is 10.0. The first-order valence-corrected chi connectivity index (χ1v) is 5.20. The molecule has 2 heterocycles. The van der Waals surface area contributed by atoms with Crippen molar-refractivity contribution in [2.24, 2.45) is 14.1 Å². The monoisotopic (exact) mass is 229 g/mol. The van der Waals surface area contributed by atoms with Gasteiger partial charge in [0.2, 0.25) is 0 Å². The largest absolute Gasteiger partial charge is 0.382 e. The van der Waals surface area contributed by atoms with E-state index in [1.165, 1.54) is 0 Å². The Morgan fingerprint density at radius 2 is 2.00 bits per heavy atom. The number of anilines is 1. The fraction of sp³-hybridized carbons (Fsp3) is 0.167. The van der Waals surface area contributed by atoms with E-state index in [2.05, 4.69) is 23.2 Å². The van der Waals surface area contributed by atoms with Gasteiger partial charge in [-0.05, 0) is 12.2 Å². The van der Waals surface area contributed by atoms with Crippen molar-refractivity contribution in [1.82, 2.24) is 19.3 Å². The lowest BCUT2D eigenvalue weighted by atomic mass is 10.3. The molecule has 0 aliphatic heterocycles. The van der Waals surface area contributed by atoms with Gasteiger partial charge in [-0.3, -0.25) is 4.68 Å². The molecular formula is C12H15N5.